The zero-order valence-corrected chi connectivity index (χ0v) is 14.6. The van der Waals surface area contributed by atoms with Crippen LogP contribution in [0.2, 0.25) is 10.0 Å². The van der Waals surface area contributed by atoms with Gasteiger partial charge in [0.2, 0.25) is 5.91 Å². The lowest BCUT2D eigenvalue weighted by Gasteiger charge is -2.31. The van der Waals surface area contributed by atoms with Crippen LogP contribution < -0.4 is 21.5 Å². The summed E-state index contributed by atoms with van der Waals surface area (Å²) >= 11 is 11.8. The van der Waals surface area contributed by atoms with Gasteiger partial charge < -0.3 is 10.6 Å². The molecule has 1 heterocycles. The Hall–Kier alpha value is -1.34. The molecule has 130 valence electrons. The Bertz CT molecular complexity index is 641. The van der Waals surface area contributed by atoms with Crippen molar-refractivity contribution >= 4 is 35.0 Å². The van der Waals surface area contributed by atoms with Crippen molar-refractivity contribution in [1.29, 1.82) is 0 Å². The number of halogens is 2. The molecular weight excluding hydrogens is 351 g/mol. The smallest absolute Gasteiger partial charge is 0.253 e. The maximum atomic E-state index is 12.1. The number of carbonyl (C=O) groups excluding carboxylic acids is 2. The van der Waals surface area contributed by atoms with Crippen LogP contribution in [0.15, 0.2) is 18.2 Å². The van der Waals surface area contributed by atoms with Gasteiger partial charge in [-0.1, -0.05) is 23.2 Å². The number of nitrogens with one attached hydrogen (secondary N) is 4. The molecule has 8 heteroatoms. The van der Waals surface area contributed by atoms with Crippen molar-refractivity contribution in [2.24, 2.45) is 5.92 Å². The molecule has 1 aliphatic carbocycles. The lowest BCUT2D eigenvalue weighted by Crippen LogP contribution is -2.46. The first-order valence-electron chi connectivity index (χ1n) is 8.04. The molecule has 24 heavy (non-hydrogen) atoms. The van der Waals surface area contributed by atoms with Crippen LogP contribution in [-0.4, -0.2) is 37.0 Å². The molecule has 2 fully saturated rings. The summed E-state index contributed by atoms with van der Waals surface area (Å²) in [6, 6.07) is 5.30. The summed E-state index contributed by atoms with van der Waals surface area (Å²) in [5.41, 5.74) is 6.73. The molecule has 1 saturated carbocycles. The summed E-state index contributed by atoms with van der Waals surface area (Å²) < 4.78 is 0. The minimum Gasteiger partial charge on any atom is -0.352 e. The first-order valence-corrected chi connectivity index (χ1v) is 8.79. The van der Waals surface area contributed by atoms with Gasteiger partial charge in [0.15, 0.2) is 0 Å². The first-order chi connectivity index (χ1) is 11.5. The molecule has 0 spiro atoms. The lowest BCUT2D eigenvalue weighted by atomic mass is 9.83. The van der Waals surface area contributed by atoms with Crippen molar-refractivity contribution in [2.75, 3.05) is 13.1 Å². The lowest BCUT2D eigenvalue weighted by molar-refractivity contribution is -0.121. The normalized spacial score (nSPS) is 25.8. The van der Waals surface area contributed by atoms with Crippen LogP contribution in [0, 0.1) is 5.92 Å². The van der Waals surface area contributed by atoms with E-state index < -0.39 is 0 Å². The number of rotatable bonds is 4. The molecule has 1 saturated heterocycles. The number of hydrogen-bond donors (Lipinski definition) is 4. The molecule has 3 unspecified atom stereocenters. The van der Waals surface area contributed by atoms with E-state index in [1.165, 1.54) is 6.07 Å². The van der Waals surface area contributed by atoms with Gasteiger partial charge in [0.1, 0.15) is 0 Å². The van der Waals surface area contributed by atoms with Crippen molar-refractivity contribution in [3.05, 3.63) is 33.8 Å². The van der Waals surface area contributed by atoms with Crippen LogP contribution in [0.25, 0.3) is 0 Å². The fourth-order valence-electron chi connectivity index (χ4n) is 3.34. The van der Waals surface area contributed by atoms with Crippen LogP contribution >= 0.6 is 23.2 Å². The van der Waals surface area contributed by atoms with E-state index >= 15 is 0 Å². The molecule has 0 aromatic heterocycles. The van der Waals surface area contributed by atoms with Crippen molar-refractivity contribution < 1.29 is 9.59 Å². The summed E-state index contributed by atoms with van der Waals surface area (Å²) in [4.78, 5) is 24.2. The third-order valence-corrected chi connectivity index (χ3v) is 5.13. The molecule has 3 rings (SSSR count). The monoisotopic (exact) mass is 370 g/mol. The van der Waals surface area contributed by atoms with E-state index in [1.54, 1.807) is 12.1 Å². The average Bonchev–Trinajstić information content (AvgIpc) is 3.00. The van der Waals surface area contributed by atoms with Crippen LogP contribution in [-0.2, 0) is 4.79 Å². The van der Waals surface area contributed by atoms with Gasteiger partial charge in [-0.3, -0.25) is 20.4 Å². The molecular formula is C16H20Cl2N4O2. The predicted octanol–water partition coefficient (Wildman–Crippen LogP) is 1.48. The largest absolute Gasteiger partial charge is 0.352 e. The molecule has 0 radical (unpaired) electrons. The van der Waals surface area contributed by atoms with E-state index in [0.717, 1.165) is 25.8 Å². The van der Waals surface area contributed by atoms with Gasteiger partial charge in [-0.2, -0.15) is 0 Å². The van der Waals surface area contributed by atoms with Crippen molar-refractivity contribution in [1.82, 2.24) is 21.5 Å². The summed E-state index contributed by atoms with van der Waals surface area (Å²) in [6.45, 7) is 0.863. The van der Waals surface area contributed by atoms with E-state index in [2.05, 4.69) is 21.5 Å². The van der Waals surface area contributed by atoms with Gasteiger partial charge in [-0.05, 0) is 43.4 Å². The highest BCUT2D eigenvalue weighted by molar-refractivity contribution is 6.36. The Kier molecular flexibility index (Phi) is 5.61. The third kappa shape index (κ3) is 4.19. The Morgan fingerprint density at radius 2 is 2.08 bits per heavy atom. The van der Waals surface area contributed by atoms with Crippen molar-refractivity contribution in [3.8, 4) is 0 Å². The fraction of sp³-hybridized carbons (Fsp3) is 0.500. The van der Waals surface area contributed by atoms with Gasteiger partial charge in [0, 0.05) is 23.7 Å². The van der Waals surface area contributed by atoms with Gasteiger partial charge in [0.25, 0.3) is 5.91 Å². The molecule has 2 amide bonds. The second kappa shape index (κ2) is 7.70. The summed E-state index contributed by atoms with van der Waals surface area (Å²) in [6.07, 6.45) is 2.93. The maximum Gasteiger partial charge on any atom is 0.253 e. The minimum atomic E-state index is -0.389. The number of benzene rings is 1. The Labute approximate surface area is 150 Å². The second-order valence-electron chi connectivity index (χ2n) is 6.28. The molecule has 0 bridgehead atoms. The molecule has 4 N–H and O–H groups in total. The highest BCUT2D eigenvalue weighted by atomic mass is 35.5. The van der Waals surface area contributed by atoms with Crippen LogP contribution in [0.5, 0.6) is 0 Å². The number of hydrazine groups is 1. The van der Waals surface area contributed by atoms with Crippen LogP contribution in [0.4, 0.5) is 0 Å². The maximum absolute atomic E-state index is 12.1. The quantitative estimate of drug-likeness (QED) is 0.646. The highest BCUT2D eigenvalue weighted by Gasteiger charge is 2.34. The Balaban J connectivity index is 1.46. The number of fused-ring (bicyclic) bond motifs is 1. The predicted molar refractivity (Wildman–Crippen MR) is 93.0 cm³/mol. The number of hydrogen-bond acceptors (Lipinski definition) is 4. The molecule has 6 nitrogen and oxygen atoms in total. The molecule has 1 aliphatic heterocycles. The van der Waals surface area contributed by atoms with Crippen LogP contribution in [0.3, 0.4) is 0 Å². The van der Waals surface area contributed by atoms with E-state index in [4.69, 9.17) is 23.2 Å². The zero-order valence-electron chi connectivity index (χ0n) is 13.1. The van der Waals surface area contributed by atoms with E-state index in [1.807, 2.05) is 0 Å². The molecule has 1 aromatic carbocycles. The molecule has 2 aliphatic rings. The second-order valence-corrected chi connectivity index (χ2v) is 7.12. The van der Waals surface area contributed by atoms with E-state index in [0.29, 0.717) is 22.5 Å². The number of amides is 2. The topological polar surface area (TPSA) is 82.3 Å². The Morgan fingerprint density at radius 1 is 1.25 bits per heavy atom. The van der Waals surface area contributed by atoms with E-state index in [9.17, 15) is 9.59 Å². The van der Waals surface area contributed by atoms with Crippen LogP contribution in [0.1, 0.15) is 29.6 Å². The summed E-state index contributed by atoms with van der Waals surface area (Å²) in [5.74, 6) is -0.0259. The first kappa shape index (κ1) is 17.5. The fourth-order valence-corrected chi connectivity index (χ4v) is 3.83. The third-order valence-electron chi connectivity index (χ3n) is 4.58. The zero-order chi connectivity index (χ0) is 17.1. The van der Waals surface area contributed by atoms with Gasteiger partial charge in [0.05, 0.1) is 17.1 Å². The highest BCUT2D eigenvalue weighted by Crippen LogP contribution is 2.26. The number of carbonyl (C=O) groups is 2. The Morgan fingerprint density at radius 3 is 2.88 bits per heavy atom. The summed E-state index contributed by atoms with van der Waals surface area (Å²) in [7, 11) is 0. The van der Waals surface area contributed by atoms with Gasteiger partial charge >= 0.3 is 0 Å². The average molecular weight is 371 g/mol. The van der Waals surface area contributed by atoms with E-state index in [-0.39, 0.29) is 29.4 Å². The summed E-state index contributed by atoms with van der Waals surface area (Å²) in [5, 5.41) is 6.31. The SMILES string of the molecule is O=C(CNC(=O)c1ccc(Cl)cc1Cl)NC1CCC2NNCC2C1. The standard InChI is InChI=1S/C16H20Cl2N4O2/c17-10-1-3-12(13(18)6-10)16(24)19-8-15(23)21-11-2-4-14-9(5-11)7-20-22-14/h1,3,6,9,11,14,20,22H,2,4-5,7-8H2,(H,19,24)(H,21,23). The van der Waals surface area contributed by atoms with Crippen molar-refractivity contribution in [3.63, 3.8) is 0 Å². The van der Waals surface area contributed by atoms with Gasteiger partial charge in [-0.25, -0.2) is 0 Å². The molecule has 1 aromatic rings. The van der Waals surface area contributed by atoms with Gasteiger partial charge in [-0.15, -0.1) is 0 Å². The van der Waals surface area contributed by atoms with Crippen molar-refractivity contribution in [2.45, 2.75) is 31.3 Å². The minimum absolute atomic E-state index is 0.0706. The molecule has 3 atom stereocenters.